The zero-order valence-electron chi connectivity index (χ0n) is 14.6. The molecule has 1 aromatic carbocycles. The Bertz CT molecular complexity index is 772. The number of benzene rings is 1. The van der Waals surface area contributed by atoms with Gasteiger partial charge in [-0.05, 0) is 50.5 Å². The van der Waals surface area contributed by atoms with Gasteiger partial charge in [0.1, 0.15) is 0 Å². The van der Waals surface area contributed by atoms with Crippen LogP contribution in [0.1, 0.15) is 35.0 Å². The molecule has 24 heavy (non-hydrogen) atoms. The molecule has 6 heteroatoms. The predicted octanol–water partition coefficient (Wildman–Crippen LogP) is 2.34. The Kier molecular flexibility index (Phi) is 5.59. The fourth-order valence-corrected chi connectivity index (χ4v) is 2.68. The number of hydrogen-bond acceptors (Lipinski definition) is 3. The normalized spacial score (nSPS) is 11.6. The van der Waals surface area contributed by atoms with Gasteiger partial charge in [0, 0.05) is 25.3 Å². The SMILES string of the molecule is Cc1nn(C)c(C)c1CC(C)NC(=O)NCc1cccc(C#N)c1. The number of urea groups is 1. The van der Waals surface area contributed by atoms with E-state index in [2.05, 4.69) is 21.8 Å². The molecule has 0 saturated carbocycles. The Balaban J connectivity index is 1.86. The van der Waals surface area contributed by atoms with Crippen LogP contribution in [0.3, 0.4) is 0 Å². The Morgan fingerprint density at radius 1 is 1.42 bits per heavy atom. The van der Waals surface area contributed by atoms with Gasteiger partial charge in [-0.2, -0.15) is 10.4 Å². The summed E-state index contributed by atoms with van der Waals surface area (Å²) in [6, 6.07) is 9.07. The molecule has 2 N–H and O–H groups in total. The van der Waals surface area contributed by atoms with Crippen LogP contribution in [0.15, 0.2) is 24.3 Å². The Hall–Kier alpha value is -2.81. The minimum absolute atomic E-state index is 0.00274. The zero-order chi connectivity index (χ0) is 17.7. The average molecular weight is 325 g/mol. The number of nitrogens with one attached hydrogen (secondary N) is 2. The molecule has 1 aromatic heterocycles. The second-order valence-electron chi connectivity index (χ2n) is 6.02. The summed E-state index contributed by atoms with van der Waals surface area (Å²) in [5.41, 5.74) is 4.78. The lowest BCUT2D eigenvalue weighted by molar-refractivity contribution is 0.237. The maximum Gasteiger partial charge on any atom is 0.315 e. The molecule has 2 rings (SSSR count). The first-order valence-corrected chi connectivity index (χ1v) is 7.93. The van der Waals surface area contributed by atoms with Gasteiger partial charge in [0.15, 0.2) is 0 Å². The van der Waals surface area contributed by atoms with E-state index in [0.717, 1.165) is 23.4 Å². The van der Waals surface area contributed by atoms with E-state index in [4.69, 9.17) is 5.26 Å². The van der Waals surface area contributed by atoms with Gasteiger partial charge in [0.25, 0.3) is 0 Å². The number of amides is 2. The second kappa shape index (κ2) is 7.64. The molecular weight excluding hydrogens is 302 g/mol. The molecule has 0 aliphatic carbocycles. The summed E-state index contributed by atoms with van der Waals surface area (Å²) in [6.07, 6.45) is 0.739. The largest absolute Gasteiger partial charge is 0.335 e. The third-order valence-corrected chi connectivity index (χ3v) is 4.06. The van der Waals surface area contributed by atoms with E-state index in [1.807, 2.05) is 44.6 Å². The van der Waals surface area contributed by atoms with Crippen molar-refractivity contribution in [1.29, 1.82) is 5.26 Å². The van der Waals surface area contributed by atoms with E-state index < -0.39 is 0 Å². The topological polar surface area (TPSA) is 82.7 Å². The van der Waals surface area contributed by atoms with E-state index in [0.29, 0.717) is 12.1 Å². The first kappa shape index (κ1) is 17.5. The van der Waals surface area contributed by atoms with Crippen LogP contribution < -0.4 is 10.6 Å². The van der Waals surface area contributed by atoms with E-state index in [-0.39, 0.29) is 12.1 Å². The summed E-state index contributed by atoms with van der Waals surface area (Å²) >= 11 is 0. The van der Waals surface area contributed by atoms with Gasteiger partial charge < -0.3 is 10.6 Å². The van der Waals surface area contributed by atoms with Crippen LogP contribution in [0, 0.1) is 25.2 Å². The van der Waals surface area contributed by atoms with Crippen molar-refractivity contribution in [3.05, 3.63) is 52.3 Å². The number of rotatable bonds is 5. The summed E-state index contributed by atoms with van der Waals surface area (Å²) in [5.74, 6) is 0. The van der Waals surface area contributed by atoms with Gasteiger partial charge in [-0.25, -0.2) is 4.79 Å². The summed E-state index contributed by atoms with van der Waals surface area (Å²) in [7, 11) is 1.92. The van der Waals surface area contributed by atoms with Crippen molar-refractivity contribution in [2.45, 2.75) is 39.8 Å². The maximum absolute atomic E-state index is 12.0. The van der Waals surface area contributed by atoms with Gasteiger partial charge in [-0.15, -0.1) is 0 Å². The molecule has 1 atom stereocenters. The number of carbonyl (C=O) groups excluding carboxylic acids is 1. The predicted molar refractivity (Wildman–Crippen MR) is 92.4 cm³/mol. The summed E-state index contributed by atoms with van der Waals surface area (Å²) in [6.45, 7) is 6.38. The van der Waals surface area contributed by atoms with Crippen LogP contribution in [0.2, 0.25) is 0 Å². The summed E-state index contributed by atoms with van der Waals surface area (Å²) in [5, 5.41) is 19.0. The number of nitrogens with zero attached hydrogens (tertiary/aromatic N) is 3. The number of hydrogen-bond donors (Lipinski definition) is 2. The highest BCUT2D eigenvalue weighted by Gasteiger charge is 2.14. The van der Waals surface area contributed by atoms with Gasteiger partial charge >= 0.3 is 6.03 Å². The average Bonchev–Trinajstić information content (AvgIpc) is 2.79. The first-order chi connectivity index (χ1) is 11.4. The van der Waals surface area contributed by atoms with Crippen molar-refractivity contribution >= 4 is 6.03 Å². The van der Waals surface area contributed by atoms with Gasteiger partial charge in [0.05, 0.1) is 17.3 Å². The molecule has 1 heterocycles. The Morgan fingerprint density at radius 2 is 2.17 bits per heavy atom. The molecule has 126 valence electrons. The summed E-state index contributed by atoms with van der Waals surface area (Å²) in [4.78, 5) is 12.0. The molecule has 2 amide bonds. The fourth-order valence-electron chi connectivity index (χ4n) is 2.68. The highest BCUT2D eigenvalue weighted by molar-refractivity contribution is 5.74. The van der Waals surface area contributed by atoms with Crippen LogP contribution in [0.25, 0.3) is 0 Å². The van der Waals surface area contributed by atoms with Crippen molar-refractivity contribution in [3.8, 4) is 6.07 Å². The van der Waals surface area contributed by atoms with E-state index in [9.17, 15) is 4.79 Å². The zero-order valence-corrected chi connectivity index (χ0v) is 14.6. The van der Waals surface area contributed by atoms with Crippen LogP contribution >= 0.6 is 0 Å². The number of aryl methyl sites for hydroxylation is 2. The molecule has 0 fully saturated rings. The first-order valence-electron chi connectivity index (χ1n) is 7.93. The van der Waals surface area contributed by atoms with Gasteiger partial charge in [-0.1, -0.05) is 12.1 Å². The van der Waals surface area contributed by atoms with Crippen molar-refractivity contribution in [2.75, 3.05) is 0 Å². The molecule has 6 nitrogen and oxygen atoms in total. The van der Waals surface area contributed by atoms with Crippen LogP contribution in [0.5, 0.6) is 0 Å². The molecule has 0 aliphatic rings. The van der Waals surface area contributed by atoms with Crippen LogP contribution in [-0.2, 0) is 20.0 Å². The molecule has 2 aromatic rings. The highest BCUT2D eigenvalue weighted by atomic mass is 16.2. The molecular formula is C18H23N5O. The smallest absolute Gasteiger partial charge is 0.315 e. The lowest BCUT2D eigenvalue weighted by atomic mass is 10.1. The van der Waals surface area contributed by atoms with Crippen molar-refractivity contribution < 1.29 is 4.79 Å². The lowest BCUT2D eigenvalue weighted by Crippen LogP contribution is -2.41. The van der Waals surface area contributed by atoms with Crippen LogP contribution in [0.4, 0.5) is 4.79 Å². The minimum atomic E-state index is -0.218. The molecule has 1 unspecified atom stereocenters. The number of nitriles is 1. The molecule has 0 spiro atoms. The molecule has 0 aliphatic heterocycles. The Labute approximate surface area is 142 Å². The highest BCUT2D eigenvalue weighted by Crippen LogP contribution is 2.14. The molecule has 0 bridgehead atoms. The Morgan fingerprint density at radius 3 is 2.79 bits per heavy atom. The standard InChI is InChI=1S/C18H23N5O/c1-12(8-17-13(2)22-23(4)14(17)3)21-18(24)20-11-16-7-5-6-15(9-16)10-19/h5-7,9,12H,8,11H2,1-4H3,(H2,20,21,24). The maximum atomic E-state index is 12.0. The molecule has 0 saturated heterocycles. The number of carbonyl (C=O) groups is 1. The van der Waals surface area contributed by atoms with Gasteiger partial charge in [-0.3, -0.25) is 4.68 Å². The van der Waals surface area contributed by atoms with Crippen LogP contribution in [-0.4, -0.2) is 21.9 Å². The monoisotopic (exact) mass is 325 g/mol. The third-order valence-electron chi connectivity index (χ3n) is 4.06. The summed E-state index contributed by atoms with van der Waals surface area (Å²) < 4.78 is 1.86. The van der Waals surface area contributed by atoms with E-state index in [1.54, 1.807) is 12.1 Å². The van der Waals surface area contributed by atoms with E-state index >= 15 is 0 Å². The van der Waals surface area contributed by atoms with Crippen molar-refractivity contribution in [2.24, 2.45) is 7.05 Å². The van der Waals surface area contributed by atoms with Gasteiger partial charge in [0.2, 0.25) is 0 Å². The fraction of sp³-hybridized carbons (Fsp3) is 0.389. The number of aromatic nitrogens is 2. The minimum Gasteiger partial charge on any atom is -0.335 e. The third kappa shape index (κ3) is 4.35. The van der Waals surface area contributed by atoms with Crippen molar-refractivity contribution in [1.82, 2.24) is 20.4 Å². The lowest BCUT2D eigenvalue weighted by Gasteiger charge is -2.15. The van der Waals surface area contributed by atoms with E-state index in [1.165, 1.54) is 5.56 Å². The second-order valence-corrected chi connectivity index (χ2v) is 6.02. The molecule has 0 radical (unpaired) electrons. The van der Waals surface area contributed by atoms with Crippen molar-refractivity contribution in [3.63, 3.8) is 0 Å². The quantitative estimate of drug-likeness (QED) is 0.885.